The van der Waals surface area contributed by atoms with Crippen molar-refractivity contribution in [2.45, 2.75) is 230 Å². The Balaban J connectivity index is 2.35. The van der Waals surface area contributed by atoms with Crippen LogP contribution < -0.4 is 0 Å². The molecule has 6 atom stereocenters. The Morgan fingerprint density at radius 3 is 1.33 bits per heavy atom. The van der Waals surface area contributed by atoms with Gasteiger partial charge in [-0.2, -0.15) is 0 Å². The number of unbranched alkanes of at least 4 members (excludes halogenated alkanes) is 24. The number of carbonyl (C=O) groups is 2. The summed E-state index contributed by atoms with van der Waals surface area (Å²) < 4.78 is 22.1. The number of carbonyl (C=O) groups excluding carboxylic acids is 2. The summed E-state index contributed by atoms with van der Waals surface area (Å²) in [4.78, 5) is 25.2. The Morgan fingerprint density at radius 1 is 0.529 bits per heavy atom. The maximum Gasteiger partial charge on any atom is 0.306 e. The molecule has 0 aromatic carbocycles. The fraction of sp³-hybridized carbons (Fsp3) is 0.951. The van der Waals surface area contributed by atoms with Crippen molar-refractivity contribution in [2.75, 3.05) is 19.8 Å². The summed E-state index contributed by atoms with van der Waals surface area (Å²) >= 11 is 0. The Morgan fingerprint density at radius 2 is 0.922 bits per heavy atom. The molecule has 0 amide bonds. The Hall–Kier alpha value is -1.30. The summed E-state index contributed by atoms with van der Waals surface area (Å²) in [6.45, 7) is 3.43. The minimum atomic E-state index is -1.59. The van der Waals surface area contributed by atoms with Crippen LogP contribution in [0.25, 0.3) is 0 Å². The van der Waals surface area contributed by atoms with Gasteiger partial charge in [-0.15, -0.1) is 0 Å². The second-order valence-electron chi connectivity index (χ2n) is 14.8. The standard InChI is InChI=1S/C41H78O10/c1-3-5-7-9-11-13-15-17-19-21-23-25-27-29-36(43)48-32-34(33-49-41-40(47)39(46)38(45)35(31-42)51-41)50-37(44)30-28-26-24-22-20-18-16-14-12-10-8-6-4-2/h34-35,38-42,45-47H,3-33H2,1-2H3/t34-,35+,38+,39+,40+,41-/m1/s1. The summed E-state index contributed by atoms with van der Waals surface area (Å²) in [7, 11) is 0. The van der Waals surface area contributed by atoms with Crippen LogP contribution in [-0.2, 0) is 28.5 Å². The molecule has 1 saturated heterocycles. The first kappa shape index (κ1) is 47.7. The molecule has 10 heteroatoms. The van der Waals surface area contributed by atoms with Crippen LogP contribution in [0.2, 0.25) is 0 Å². The Kier molecular flexibility index (Phi) is 31.1. The lowest BCUT2D eigenvalue weighted by Crippen LogP contribution is -2.59. The van der Waals surface area contributed by atoms with Crippen molar-refractivity contribution in [3.05, 3.63) is 0 Å². The van der Waals surface area contributed by atoms with Gasteiger partial charge in [0.05, 0.1) is 13.2 Å². The summed E-state index contributed by atoms with van der Waals surface area (Å²) in [5, 5.41) is 40.0. The van der Waals surface area contributed by atoms with E-state index >= 15 is 0 Å². The zero-order chi connectivity index (χ0) is 37.4. The molecule has 51 heavy (non-hydrogen) atoms. The summed E-state index contributed by atoms with van der Waals surface area (Å²) in [6, 6.07) is 0. The molecule has 0 unspecified atom stereocenters. The fourth-order valence-corrected chi connectivity index (χ4v) is 6.60. The van der Waals surface area contributed by atoms with Crippen LogP contribution >= 0.6 is 0 Å². The highest BCUT2D eigenvalue weighted by atomic mass is 16.7. The number of aliphatic hydroxyl groups excluding tert-OH is 4. The maximum absolute atomic E-state index is 12.7. The number of hydrogen-bond acceptors (Lipinski definition) is 10. The highest BCUT2D eigenvalue weighted by molar-refractivity contribution is 5.70. The minimum absolute atomic E-state index is 0.209. The summed E-state index contributed by atoms with van der Waals surface area (Å²) in [6.07, 6.45) is 23.9. The van der Waals surface area contributed by atoms with Gasteiger partial charge >= 0.3 is 11.9 Å². The zero-order valence-corrected chi connectivity index (χ0v) is 32.6. The van der Waals surface area contributed by atoms with Gasteiger partial charge in [0.25, 0.3) is 0 Å². The van der Waals surface area contributed by atoms with Crippen molar-refractivity contribution in [1.29, 1.82) is 0 Å². The first-order chi connectivity index (χ1) is 24.8. The molecular formula is C41H78O10. The largest absolute Gasteiger partial charge is 0.462 e. The number of ether oxygens (including phenoxy) is 4. The second kappa shape index (κ2) is 33.3. The molecule has 0 aliphatic carbocycles. The molecule has 0 bridgehead atoms. The monoisotopic (exact) mass is 731 g/mol. The van der Waals surface area contributed by atoms with E-state index in [1.165, 1.54) is 122 Å². The third-order valence-electron chi connectivity index (χ3n) is 9.99. The van der Waals surface area contributed by atoms with Crippen LogP contribution in [0, 0.1) is 0 Å². The molecular weight excluding hydrogens is 652 g/mol. The minimum Gasteiger partial charge on any atom is -0.462 e. The molecule has 1 heterocycles. The number of esters is 2. The lowest BCUT2D eigenvalue weighted by Gasteiger charge is -2.39. The molecule has 1 aliphatic heterocycles. The van der Waals surface area contributed by atoms with E-state index in [9.17, 15) is 30.0 Å². The van der Waals surface area contributed by atoms with Crippen LogP contribution in [0.3, 0.4) is 0 Å². The molecule has 302 valence electrons. The smallest absolute Gasteiger partial charge is 0.306 e. The van der Waals surface area contributed by atoms with Crippen LogP contribution in [0.15, 0.2) is 0 Å². The van der Waals surface area contributed by atoms with Gasteiger partial charge in [-0.25, -0.2) is 0 Å². The lowest BCUT2D eigenvalue weighted by molar-refractivity contribution is -0.305. The fourth-order valence-electron chi connectivity index (χ4n) is 6.60. The molecule has 0 aromatic rings. The highest BCUT2D eigenvalue weighted by Crippen LogP contribution is 2.23. The number of hydrogen-bond donors (Lipinski definition) is 4. The van der Waals surface area contributed by atoms with Gasteiger partial charge in [-0.05, 0) is 12.8 Å². The molecule has 0 radical (unpaired) electrons. The molecule has 1 aliphatic rings. The predicted octanol–water partition coefficient (Wildman–Crippen LogP) is 8.22. The first-order valence-corrected chi connectivity index (χ1v) is 21.1. The highest BCUT2D eigenvalue weighted by Gasteiger charge is 2.44. The molecule has 1 rings (SSSR count). The van der Waals surface area contributed by atoms with E-state index in [2.05, 4.69) is 13.8 Å². The summed E-state index contributed by atoms with van der Waals surface area (Å²) in [5.74, 6) is -0.795. The molecule has 4 N–H and O–H groups in total. The van der Waals surface area contributed by atoms with Gasteiger partial charge in [0.15, 0.2) is 12.4 Å². The molecule has 0 spiro atoms. The second-order valence-corrected chi connectivity index (χ2v) is 14.8. The van der Waals surface area contributed by atoms with Crippen LogP contribution in [-0.4, -0.2) is 89.0 Å². The quantitative estimate of drug-likeness (QED) is 0.0371. The average molecular weight is 731 g/mol. The van der Waals surface area contributed by atoms with Gasteiger partial charge in [0, 0.05) is 12.8 Å². The Bertz CT molecular complexity index is 809. The van der Waals surface area contributed by atoms with Crippen molar-refractivity contribution in [3.8, 4) is 0 Å². The van der Waals surface area contributed by atoms with Crippen LogP contribution in [0.5, 0.6) is 0 Å². The normalized spacial score (nSPS) is 21.1. The van der Waals surface area contributed by atoms with E-state index in [1.807, 2.05) is 0 Å². The van der Waals surface area contributed by atoms with E-state index in [0.717, 1.165) is 38.5 Å². The van der Waals surface area contributed by atoms with Crippen molar-refractivity contribution >= 4 is 11.9 Å². The number of aliphatic hydroxyl groups is 4. The predicted molar refractivity (Wildman–Crippen MR) is 201 cm³/mol. The van der Waals surface area contributed by atoms with Gasteiger partial charge < -0.3 is 39.4 Å². The zero-order valence-electron chi connectivity index (χ0n) is 32.6. The van der Waals surface area contributed by atoms with Crippen LogP contribution in [0.4, 0.5) is 0 Å². The van der Waals surface area contributed by atoms with E-state index in [-0.39, 0.29) is 32.0 Å². The van der Waals surface area contributed by atoms with E-state index < -0.39 is 49.4 Å². The van der Waals surface area contributed by atoms with Gasteiger partial charge in [-0.3, -0.25) is 9.59 Å². The number of rotatable bonds is 35. The van der Waals surface area contributed by atoms with Gasteiger partial charge in [-0.1, -0.05) is 168 Å². The van der Waals surface area contributed by atoms with Crippen molar-refractivity contribution in [2.24, 2.45) is 0 Å². The maximum atomic E-state index is 12.7. The third kappa shape index (κ3) is 25.4. The SMILES string of the molecule is CCCCCCCCCCCCCCCC(=O)OC[C@H](CO[C@@H]1O[C@@H](CO)[C@H](O)[C@H](O)[C@@H]1O)OC(=O)CCCCCCCCCCCCCCC. The third-order valence-corrected chi connectivity index (χ3v) is 9.99. The van der Waals surface area contributed by atoms with Crippen molar-refractivity contribution in [3.63, 3.8) is 0 Å². The van der Waals surface area contributed by atoms with Gasteiger partial charge in [0.1, 0.15) is 31.0 Å². The molecule has 0 saturated carbocycles. The topological polar surface area (TPSA) is 152 Å². The molecule has 1 fully saturated rings. The lowest BCUT2D eigenvalue weighted by atomic mass is 9.99. The first-order valence-electron chi connectivity index (χ1n) is 21.1. The molecule has 0 aromatic heterocycles. The average Bonchev–Trinajstić information content (AvgIpc) is 3.13. The van der Waals surface area contributed by atoms with E-state index in [1.54, 1.807) is 0 Å². The van der Waals surface area contributed by atoms with E-state index in [4.69, 9.17) is 18.9 Å². The Labute approximate surface area is 310 Å². The van der Waals surface area contributed by atoms with E-state index in [0.29, 0.717) is 6.42 Å². The van der Waals surface area contributed by atoms with Crippen LogP contribution in [0.1, 0.15) is 194 Å². The summed E-state index contributed by atoms with van der Waals surface area (Å²) in [5.41, 5.74) is 0. The molecule has 10 nitrogen and oxygen atoms in total. The van der Waals surface area contributed by atoms with Crippen molar-refractivity contribution < 1.29 is 49.0 Å². The van der Waals surface area contributed by atoms with Crippen molar-refractivity contribution in [1.82, 2.24) is 0 Å². The van der Waals surface area contributed by atoms with Gasteiger partial charge in [0.2, 0.25) is 0 Å².